The summed E-state index contributed by atoms with van der Waals surface area (Å²) in [5.41, 5.74) is 2.50. The molecule has 1 unspecified atom stereocenters. The standard InChI is InChI=1S/C19H17ClN4O2/c20-13-6-1-2-9-16(13)24-10-4-8-15(19(24)26)23-18(25)12-5-3-7-14-17(12)22-11-21-14/h1-3,5-7,9,11,15H,4,8,10H2,(H,21,22)(H,23,25). The van der Waals surface area contributed by atoms with Crippen LogP contribution in [-0.2, 0) is 4.79 Å². The van der Waals surface area contributed by atoms with E-state index in [9.17, 15) is 9.59 Å². The Balaban J connectivity index is 1.56. The summed E-state index contributed by atoms with van der Waals surface area (Å²) in [5.74, 6) is -0.450. The number of rotatable bonds is 3. The number of imidazole rings is 1. The summed E-state index contributed by atoms with van der Waals surface area (Å²) >= 11 is 6.23. The van der Waals surface area contributed by atoms with Gasteiger partial charge in [-0.25, -0.2) is 4.98 Å². The van der Waals surface area contributed by atoms with Crippen molar-refractivity contribution < 1.29 is 9.59 Å². The lowest BCUT2D eigenvalue weighted by atomic mass is 10.0. The minimum atomic E-state index is -0.582. The maximum absolute atomic E-state index is 12.9. The fourth-order valence-corrected chi connectivity index (χ4v) is 3.54. The number of piperidine rings is 1. The predicted octanol–water partition coefficient (Wildman–Crippen LogP) is 3.14. The predicted molar refractivity (Wildman–Crippen MR) is 100 cm³/mol. The van der Waals surface area contributed by atoms with Crippen molar-refractivity contribution in [1.82, 2.24) is 15.3 Å². The van der Waals surface area contributed by atoms with Gasteiger partial charge in [0.05, 0.1) is 28.1 Å². The van der Waals surface area contributed by atoms with Gasteiger partial charge in [-0.15, -0.1) is 0 Å². The van der Waals surface area contributed by atoms with Crippen LogP contribution in [0.2, 0.25) is 5.02 Å². The zero-order valence-electron chi connectivity index (χ0n) is 13.9. The van der Waals surface area contributed by atoms with Gasteiger partial charge in [-0.1, -0.05) is 29.8 Å². The van der Waals surface area contributed by atoms with E-state index in [1.165, 1.54) is 0 Å². The molecule has 0 saturated carbocycles. The molecule has 6 nitrogen and oxygen atoms in total. The first-order valence-electron chi connectivity index (χ1n) is 8.44. The molecule has 0 spiro atoms. The maximum Gasteiger partial charge on any atom is 0.254 e. The highest BCUT2D eigenvalue weighted by Crippen LogP contribution is 2.28. The topological polar surface area (TPSA) is 78.1 Å². The second-order valence-electron chi connectivity index (χ2n) is 6.21. The number of hydrogen-bond acceptors (Lipinski definition) is 3. The van der Waals surface area contributed by atoms with Crippen LogP contribution in [0.1, 0.15) is 23.2 Å². The summed E-state index contributed by atoms with van der Waals surface area (Å²) in [7, 11) is 0. The van der Waals surface area contributed by atoms with E-state index in [0.29, 0.717) is 34.8 Å². The lowest BCUT2D eigenvalue weighted by Gasteiger charge is -2.33. The molecule has 3 aromatic rings. The van der Waals surface area contributed by atoms with Crippen LogP contribution in [0.15, 0.2) is 48.8 Å². The molecule has 0 aliphatic carbocycles. The Labute approximate surface area is 155 Å². The van der Waals surface area contributed by atoms with Crippen LogP contribution < -0.4 is 10.2 Å². The number of anilines is 1. The Kier molecular flexibility index (Phi) is 4.34. The number of carbonyl (C=O) groups excluding carboxylic acids is 2. The number of para-hydroxylation sites is 2. The first-order chi connectivity index (χ1) is 12.6. The van der Waals surface area contributed by atoms with Crippen molar-refractivity contribution in [2.45, 2.75) is 18.9 Å². The van der Waals surface area contributed by atoms with Crippen molar-refractivity contribution in [3.8, 4) is 0 Å². The SMILES string of the molecule is O=C(NC1CCCN(c2ccccc2Cl)C1=O)c1cccc2[nH]cnc12. The van der Waals surface area contributed by atoms with Gasteiger partial charge >= 0.3 is 0 Å². The molecule has 132 valence electrons. The van der Waals surface area contributed by atoms with E-state index in [1.807, 2.05) is 24.3 Å². The second-order valence-corrected chi connectivity index (χ2v) is 6.62. The van der Waals surface area contributed by atoms with Gasteiger partial charge in [0.2, 0.25) is 5.91 Å². The summed E-state index contributed by atoms with van der Waals surface area (Å²) in [4.78, 5) is 34.4. The third-order valence-corrected chi connectivity index (χ3v) is 4.90. The molecule has 1 aromatic heterocycles. The fraction of sp³-hybridized carbons (Fsp3) is 0.211. The molecule has 0 bridgehead atoms. The smallest absolute Gasteiger partial charge is 0.254 e. The van der Waals surface area contributed by atoms with Gasteiger partial charge in [0.15, 0.2) is 0 Å². The third kappa shape index (κ3) is 2.93. The molecule has 4 rings (SSSR count). The summed E-state index contributed by atoms with van der Waals surface area (Å²) in [6.07, 6.45) is 2.93. The minimum Gasteiger partial charge on any atom is -0.345 e. The number of benzene rings is 2. The molecule has 1 aliphatic heterocycles. The molecule has 2 aromatic carbocycles. The number of H-pyrrole nitrogens is 1. The zero-order chi connectivity index (χ0) is 18.1. The number of aromatic amines is 1. The van der Waals surface area contributed by atoms with Gasteiger partial charge in [-0.3, -0.25) is 9.59 Å². The van der Waals surface area contributed by atoms with Crippen LogP contribution in [0.25, 0.3) is 11.0 Å². The van der Waals surface area contributed by atoms with Crippen molar-refractivity contribution in [2.24, 2.45) is 0 Å². The number of carbonyl (C=O) groups is 2. The minimum absolute atomic E-state index is 0.146. The molecule has 2 heterocycles. The van der Waals surface area contributed by atoms with Crippen molar-refractivity contribution in [1.29, 1.82) is 0 Å². The van der Waals surface area contributed by atoms with E-state index in [1.54, 1.807) is 29.4 Å². The number of hydrogen-bond donors (Lipinski definition) is 2. The summed E-state index contributed by atoms with van der Waals surface area (Å²) in [6.45, 7) is 0.587. The van der Waals surface area contributed by atoms with E-state index in [-0.39, 0.29) is 11.8 Å². The lowest BCUT2D eigenvalue weighted by Crippen LogP contribution is -2.52. The second kappa shape index (κ2) is 6.80. The summed E-state index contributed by atoms with van der Waals surface area (Å²) in [6, 6.07) is 12.0. The Morgan fingerprint density at radius 2 is 2.08 bits per heavy atom. The molecule has 0 radical (unpaired) electrons. The average molecular weight is 369 g/mol. The molecular formula is C19H17ClN4O2. The van der Waals surface area contributed by atoms with Gasteiger partial charge in [0, 0.05) is 6.54 Å². The first-order valence-corrected chi connectivity index (χ1v) is 8.82. The van der Waals surface area contributed by atoms with E-state index >= 15 is 0 Å². The Hall–Kier alpha value is -2.86. The molecule has 2 N–H and O–H groups in total. The van der Waals surface area contributed by atoms with Crippen molar-refractivity contribution in [3.05, 3.63) is 59.4 Å². The van der Waals surface area contributed by atoms with Gasteiger partial charge in [0.25, 0.3) is 5.91 Å². The van der Waals surface area contributed by atoms with Gasteiger partial charge in [0.1, 0.15) is 11.6 Å². The molecule has 1 atom stereocenters. The average Bonchev–Trinajstić information content (AvgIpc) is 3.13. The Morgan fingerprint density at radius 3 is 2.92 bits per heavy atom. The normalized spacial score (nSPS) is 17.5. The van der Waals surface area contributed by atoms with Crippen LogP contribution >= 0.6 is 11.6 Å². The Bertz CT molecular complexity index is 984. The summed E-state index contributed by atoms with van der Waals surface area (Å²) in [5, 5.41) is 3.38. The number of nitrogens with one attached hydrogen (secondary N) is 2. The van der Waals surface area contributed by atoms with Gasteiger partial charge in [-0.05, 0) is 37.1 Å². The first kappa shape index (κ1) is 16.6. The highest BCUT2D eigenvalue weighted by Gasteiger charge is 2.32. The van der Waals surface area contributed by atoms with Crippen LogP contribution in [0.3, 0.4) is 0 Å². The van der Waals surface area contributed by atoms with Crippen molar-refractivity contribution in [2.75, 3.05) is 11.4 Å². The quantitative estimate of drug-likeness (QED) is 0.745. The van der Waals surface area contributed by atoms with Crippen molar-refractivity contribution >= 4 is 40.1 Å². The van der Waals surface area contributed by atoms with Crippen LogP contribution in [0, 0.1) is 0 Å². The van der Waals surface area contributed by atoms with Gasteiger partial charge in [-0.2, -0.15) is 0 Å². The molecular weight excluding hydrogens is 352 g/mol. The van der Waals surface area contributed by atoms with E-state index < -0.39 is 6.04 Å². The van der Waals surface area contributed by atoms with Crippen LogP contribution in [-0.4, -0.2) is 34.4 Å². The highest BCUT2D eigenvalue weighted by atomic mass is 35.5. The van der Waals surface area contributed by atoms with Crippen LogP contribution in [0.5, 0.6) is 0 Å². The molecule has 26 heavy (non-hydrogen) atoms. The maximum atomic E-state index is 12.9. The monoisotopic (exact) mass is 368 g/mol. The van der Waals surface area contributed by atoms with Gasteiger partial charge < -0.3 is 15.2 Å². The number of aromatic nitrogens is 2. The van der Waals surface area contributed by atoms with Crippen LogP contribution in [0.4, 0.5) is 5.69 Å². The van der Waals surface area contributed by atoms with E-state index in [2.05, 4.69) is 15.3 Å². The number of fused-ring (bicyclic) bond motifs is 1. The largest absolute Gasteiger partial charge is 0.345 e. The van der Waals surface area contributed by atoms with Crippen molar-refractivity contribution in [3.63, 3.8) is 0 Å². The molecule has 1 fully saturated rings. The molecule has 2 amide bonds. The third-order valence-electron chi connectivity index (χ3n) is 4.58. The van der Waals surface area contributed by atoms with E-state index in [0.717, 1.165) is 11.9 Å². The molecule has 1 aliphatic rings. The fourth-order valence-electron chi connectivity index (χ4n) is 3.30. The number of nitrogens with zero attached hydrogens (tertiary/aromatic N) is 2. The zero-order valence-corrected chi connectivity index (χ0v) is 14.7. The van der Waals surface area contributed by atoms with E-state index in [4.69, 9.17) is 11.6 Å². The summed E-state index contributed by atoms with van der Waals surface area (Å²) < 4.78 is 0. The number of halogens is 1. The highest BCUT2D eigenvalue weighted by molar-refractivity contribution is 6.33. The number of amides is 2. The molecule has 7 heteroatoms. The lowest BCUT2D eigenvalue weighted by molar-refractivity contribution is -0.121. The molecule has 1 saturated heterocycles. The Morgan fingerprint density at radius 1 is 1.23 bits per heavy atom.